The van der Waals surface area contributed by atoms with Crippen molar-refractivity contribution in [1.29, 1.82) is 0 Å². The number of anilines is 1. The van der Waals surface area contributed by atoms with Crippen LogP contribution in [0.2, 0.25) is 5.02 Å². The third-order valence-corrected chi connectivity index (χ3v) is 4.69. The minimum absolute atomic E-state index is 0.0556. The topological polar surface area (TPSA) is 58.6 Å². The van der Waals surface area contributed by atoms with Crippen molar-refractivity contribution in [1.82, 2.24) is 4.90 Å². The van der Waals surface area contributed by atoms with Crippen molar-refractivity contribution >= 4 is 40.9 Å². The minimum Gasteiger partial charge on any atom is -0.378 e. The molecule has 0 aliphatic carbocycles. The summed E-state index contributed by atoms with van der Waals surface area (Å²) in [4.78, 5) is 25.6. The Bertz CT molecular complexity index is 548. The summed E-state index contributed by atoms with van der Waals surface area (Å²) < 4.78 is 5.20. The highest BCUT2D eigenvalue weighted by Crippen LogP contribution is 2.23. The summed E-state index contributed by atoms with van der Waals surface area (Å²) in [6.45, 7) is 4.30. The molecule has 0 atom stereocenters. The van der Waals surface area contributed by atoms with Gasteiger partial charge in [0.15, 0.2) is 0 Å². The van der Waals surface area contributed by atoms with E-state index in [-0.39, 0.29) is 17.6 Å². The van der Waals surface area contributed by atoms with Crippen LogP contribution in [-0.2, 0) is 14.3 Å². The maximum absolute atomic E-state index is 11.9. The zero-order valence-electron chi connectivity index (χ0n) is 12.4. The van der Waals surface area contributed by atoms with Gasteiger partial charge in [-0.2, -0.15) is 0 Å². The number of halogens is 1. The van der Waals surface area contributed by atoms with Crippen LogP contribution >= 0.6 is 23.4 Å². The van der Waals surface area contributed by atoms with E-state index in [1.54, 1.807) is 17.0 Å². The average Bonchev–Trinajstić information content (AvgIpc) is 2.52. The number of ether oxygens (including phenoxy) is 1. The van der Waals surface area contributed by atoms with Gasteiger partial charge in [0.2, 0.25) is 11.8 Å². The van der Waals surface area contributed by atoms with Gasteiger partial charge in [0.1, 0.15) is 0 Å². The molecule has 1 N–H and O–H groups in total. The van der Waals surface area contributed by atoms with E-state index in [0.29, 0.717) is 42.8 Å². The molecule has 1 aromatic carbocycles. The van der Waals surface area contributed by atoms with Crippen LogP contribution in [0.4, 0.5) is 5.69 Å². The third kappa shape index (κ3) is 4.90. The first kappa shape index (κ1) is 17.1. The van der Waals surface area contributed by atoms with Gasteiger partial charge in [0.25, 0.3) is 0 Å². The molecule has 1 aromatic rings. The summed E-state index contributed by atoms with van der Waals surface area (Å²) in [6.07, 6.45) is 0. The van der Waals surface area contributed by atoms with Gasteiger partial charge in [-0.25, -0.2) is 0 Å². The van der Waals surface area contributed by atoms with Crippen LogP contribution in [-0.4, -0.2) is 54.5 Å². The van der Waals surface area contributed by atoms with E-state index in [4.69, 9.17) is 16.3 Å². The second-order valence-electron chi connectivity index (χ2n) is 4.95. The van der Waals surface area contributed by atoms with Crippen molar-refractivity contribution in [2.45, 2.75) is 6.92 Å². The highest BCUT2D eigenvalue weighted by Gasteiger charge is 2.17. The number of amides is 2. The molecule has 1 saturated heterocycles. The number of carbonyl (C=O) groups excluding carboxylic acids is 2. The highest BCUT2D eigenvalue weighted by atomic mass is 35.5. The minimum atomic E-state index is -0.134. The standard InChI is InChI=1S/C15H19ClN2O3S/c1-11-12(16)3-2-4-13(11)17-14(19)9-22-10-15(20)18-5-7-21-8-6-18/h2-4H,5-10H2,1H3,(H,17,19). The number of rotatable bonds is 5. The Kier molecular flexibility index (Phi) is 6.54. The number of carbonyl (C=O) groups is 2. The smallest absolute Gasteiger partial charge is 0.234 e. The Balaban J connectivity index is 1.73. The second kappa shape index (κ2) is 8.41. The molecule has 5 nitrogen and oxygen atoms in total. The van der Waals surface area contributed by atoms with Crippen LogP contribution in [0.1, 0.15) is 5.56 Å². The van der Waals surface area contributed by atoms with Crippen molar-refractivity contribution in [3.63, 3.8) is 0 Å². The molecule has 1 aliphatic heterocycles. The van der Waals surface area contributed by atoms with Crippen LogP contribution < -0.4 is 5.32 Å². The van der Waals surface area contributed by atoms with Gasteiger partial charge < -0.3 is 15.0 Å². The Labute approximate surface area is 139 Å². The first-order valence-electron chi connectivity index (χ1n) is 7.06. The Morgan fingerprint density at radius 3 is 2.77 bits per heavy atom. The van der Waals surface area contributed by atoms with E-state index in [9.17, 15) is 9.59 Å². The van der Waals surface area contributed by atoms with Crippen LogP contribution in [0, 0.1) is 6.92 Å². The summed E-state index contributed by atoms with van der Waals surface area (Å²) in [5, 5.41) is 3.43. The number of benzene rings is 1. The molecule has 1 fully saturated rings. The molecule has 120 valence electrons. The zero-order valence-corrected chi connectivity index (χ0v) is 14.0. The predicted octanol–water partition coefficient (Wildman–Crippen LogP) is 2.18. The van der Waals surface area contributed by atoms with Crippen molar-refractivity contribution in [2.75, 3.05) is 43.1 Å². The molecule has 2 rings (SSSR count). The van der Waals surface area contributed by atoms with E-state index >= 15 is 0 Å². The average molecular weight is 343 g/mol. The molecule has 0 aromatic heterocycles. The number of nitrogens with zero attached hydrogens (tertiary/aromatic N) is 1. The monoisotopic (exact) mass is 342 g/mol. The molecular formula is C15H19ClN2O3S. The summed E-state index contributed by atoms with van der Waals surface area (Å²) in [5.41, 5.74) is 1.55. The first-order chi connectivity index (χ1) is 10.6. The molecule has 0 spiro atoms. The number of thioether (sulfide) groups is 1. The molecule has 1 aliphatic rings. The zero-order chi connectivity index (χ0) is 15.9. The Hall–Kier alpha value is -1.24. The lowest BCUT2D eigenvalue weighted by molar-refractivity contribution is -0.132. The first-order valence-corrected chi connectivity index (χ1v) is 8.59. The third-order valence-electron chi connectivity index (χ3n) is 3.36. The van der Waals surface area contributed by atoms with Gasteiger partial charge in [-0.1, -0.05) is 17.7 Å². The fourth-order valence-electron chi connectivity index (χ4n) is 2.06. The van der Waals surface area contributed by atoms with Crippen LogP contribution in [0.25, 0.3) is 0 Å². The molecule has 2 amide bonds. The molecule has 0 unspecified atom stereocenters. The van der Waals surface area contributed by atoms with Crippen molar-refractivity contribution < 1.29 is 14.3 Å². The lowest BCUT2D eigenvalue weighted by atomic mass is 10.2. The molecule has 0 radical (unpaired) electrons. The Morgan fingerprint density at radius 2 is 2.05 bits per heavy atom. The number of morpholine rings is 1. The van der Waals surface area contributed by atoms with Gasteiger partial charge in [0.05, 0.1) is 24.7 Å². The van der Waals surface area contributed by atoms with Crippen LogP contribution in [0.3, 0.4) is 0 Å². The normalized spacial score (nSPS) is 14.7. The Morgan fingerprint density at radius 1 is 1.32 bits per heavy atom. The highest BCUT2D eigenvalue weighted by molar-refractivity contribution is 8.00. The van der Waals surface area contributed by atoms with E-state index in [0.717, 1.165) is 5.56 Å². The fourth-order valence-corrected chi connectivity index (χ4v) is 2.96. The fraction of sp³-hybridized carbons (Fsp3) is 0.467. The molecule has 0 bridgehead atoms. The second-order valence-corrected chi connectivity index (χ2v) is 6.34. The maximum Gasteiger partial charge on any atom is 0.234 e. The molecule has 22 heavy (non-hydrogen) atoms. The van der Waals surface area contributed by atoms with E-state index in [1.165, 1.54) is 11.8 Å². The van der Waals surface area contributed by atoms with E-state index < -0.39 is 0 Å². The van der Waals surface area contributed by atoms with Crippen molar-refractivity contribution in [3.8, 4) is 0 Å². The number of nitrogens with one attached hydrogen (secondary N) is 1. The largest absolute Gasteiger partial charge is 0.378 e. The molecule has 0 saturated carbocycles. The van der Waals surface area contributed by atoms with Crippen molar-refractivity contribution in [2.24, 2.45) is 0 Å². The summed E-state index contributed by atoms with van der Waals surface area (Å²) in [5.74, 6) is 0.467. The number of hydrogen-bond acceptors (Lipinski definition) is 4. The molecule has 7 heteroatoms. The van der Waals surface area contributed by atoms with Gasteiger partial charge in [-0.15, -0.1) is 11.8 Å². The van der Waals surface area contributed by atoms with Crippen LogP contribution in [0.15, 0.2) is 18.2 Å². The van der Waals surface area contributed by atoms with E-state index in [1.807, 2.05) is 13.0 Å². The molecule has 1 heterocycles. The summed E-state index contributed by atoms with van der Waals surface area (Å²) >= 11 is 7.33. The summed E-state index contributed by atoms with van der Waals surface area (Å²) in [6, 6.07) is 5.38. The van der Waals surface area contributed by atoms with Gasteiger partial charge in [0, 0.05) is 23.8 Å². The number of hydrogen-bond donors (Lipinski definition) is 1. The lowest BCUT2D eigenvalue weighted by Gasteiger charge is -2.26. The SMILES string of the molecule is Cc1c(Cl)cccc1NC(=O)CSCC(=O)N1CCOCC1. The van der Waals surface area contributed by atoms with Gasteiger partial charge in [-0.3, -0.25) is 9.59 Å². The van der Waals surface area contributed by atoms with Crippen molar-refractivity contribution in [3.05, 3.63) is 28.8 Å². The van der Waals surface area contributed by atoms with Gasteiger partial charge >= 0.3 is 0 Å². The quantitative estimate of drug-likeness (QED) is 0.891. The maximum atomic E-state index is 11.9. The van der Waals surface area contributed by atoms with Crippen LogP contribution in [0.5, 0.6) is 0 Å². The molecular weight excluding hydrogens is 324 g/mol. The van der Waals surface area contributed by atoms with E-state index in [2.05, 4.69) is 5.32 Å². The van der Waals surface area contributed by atoms with Gasteiger partial charge in [-0.05, 0) is 24.6 Å². The summed E-state index contributed by atoms with van der Waals surface area (Å²) in [7, 11) is 0. The lowest BCUT2D eigenvalue weighted by Crippen LogP contribution is -2.41. The predicted molar refractivity (Wildman–Crippen MR) is 89.5 cm³/mol.